The van der Waals surface area contributed by atoms with Crippen molar-refractivity contribution in [2.75, 3.05) is 26.7 Å². The minimum Gasteiger partial charge on any atom is -0.497 e. The van der Waals surface area contributed by atoms with Crippen molar-refractivity contribution in [1.29, 1.82) is 0 Å². The summed E-state index contributed by atoms with van der Waals surface area (Å²) in [5, 5.41) is 3.86. The standard InChI is InChI=1S/C20H20ClF3N2O2/c1-28-18-10-14(9-15(11-18)20(22,23)24)19(27)26-7-6-25-12-17(26)8-13-2-4-16(21)5-3-13/h2-5,9-11,17,25H,6-8,12H2,1H3/t17-/m1/s1. The van der Waals surface area contributed by atoms with Crippen LogP contribution < -0.4 is 10.1 Å². The number of nitrogens with zero attached hydrogens (tertiary/aromatic N) is 1. The van der Waals surface area contributed by atoms with Crippen molar-refractivity contribution in [3.63, 3.8) is 0 Å². The Hall–Kier alpha value is -2.25. The number of benzene rings is 2. The van der Waals surface area contributed by atoms with Crippen molar-refractivity contribution in [1.82, 2.24) is 10.2 Å². The first-order chi connectivity index (χ1) is 13.3. The summed E-state index contributed by atoms with van der Waals surface area (Å²) in [5.74, 6) is -0.438. The van der Waals surface area contributed by atoms with Gasteiger partial charge in [-0.25, -0.2) is 0 Å². The minimum absolute atomic E-state index is 0.00237. The maximum atomic E-state index is 13.2. The summed E-state index contributed by atoms with van der Waals surface area (Å²) in [7, 11) is 1.28. The zero-order chi connectivity index (χ0) is 20.3. The number of alkyl halides is 3. The van der Waals surface area contributed by atoms with Gasteiger partial charge in [-0.05, 0) is 42.3 Å². The molecule has 0 spiro atoms. The summed E-state index contributed by atoms with van der Waals surface area (Å²) in [5.41, 5.74) is 0.0618. The molecule has 2 aromatic rings. The molecule has 1 atom stereocenters. The van der Waals surface area contributed by atoms with Crippen LogP contribution in [0.5, 0.6) is 5.75 Å². The molecule has 0 aliphatic carbocycles. The van der Waals surface area contributed by atoms with Crippen LogP contribution in [0.1, 0.15) is 21.5 Å². The van der Waals surface area contributed by atoms with Gasteiger partial charge in [0.2, 0.25) is 0 Å². The highest BCUT2D eigenvalue weighted by atomic mass is 35.5. The van der Waals surface area contributed by atoms with Crippen LogP contribution >= 0.6 is 11.6 Å². The molecule has 150 valence electrons. The van der Waals surface area contributed by atoms with Gasteiger partial charge in [-0.15, -0.1) is 0 Å². The van der Waals surface area contributed by atoms with Gasteiger partial charge in [0.15, 0.2) is 0 Å². The zero-order valence-electron chi connectivity index (χ0n) is 15.2. The number of nitrogens with one attached hydrogen (secondary N) is 1. The smallest absolute Gasteiger partial charge is 0.416 e. The number of halogens is 4. The molecule has 1 N–H and O–H groups in total. The van der Waals surface area contributed by atoms with E-state index in [1.807, 2.05) is 12.1 Å². The van der Waals surface area contributed by atoms with E-state index in [0.717, 1.165) is 17.7 Å². The SMILES string of the molecule is COc1cc(C(=O)N2CCNC[C@H]2Cc2ccc(Cl)cc2)cc(C(F)(F)F)c1. The Bertz CT molecular complexity index is 840. The molecule has 0 unspecified atom stereocenters. The molecule has 28 heavy (non-hydrogen) atoms. The van der Waals surface area contributed by atoms with Crippen molar-refractivity contribution < 1.29 is 22.7 Å². The molecule has 0 saturated carbocycles. The van der Waals surface area contributed by atoms with Gasteiger partial charge in [0.1, 0.15) is 5.75 Å². The van der Waals surface area contributed by atoms with E-state index in [4.69, 9.17) is 16.3 Å². The maximum absolute atomic E-state index is 13.2. The summed E-state index contributed by atoms with van der Waals surface area (Å²) in [4.78, 5) is 14.7. The van der Waals surface area contributed by atoms with Crippen LogP contribution in [0.15, 0.2) is 42.5 Å². The van der Waals surface area contributed by atoms with Gasteiger partial charge in [0, 0.05) is 36.3 Å². The van der Waals surface area contributed by atoms with Gasteiger partial charge in [-0.2, -0.15) is 13.2 Å². The van der Waals surface area contributed by atoms with Crippen LogP contribution in [0.4, 0.5) is 13.2 Å². The van der Waals surface area contributed by atoms with Gasteiger partial charge in [-0.1, -0.05) is 23.7 Å². The molecule has 1 amide bonds. The second-order valence-corrected chi connectivity index (χ2v) is 7.07. The fraction of sp³-hybridized carbons (Fsp3) is 0.350. The predicted molar refractivity (Wildman–Crippen MR) is 101 cm³/mol. The highest BCUT2D eigenvalue weighted by molar-refractivity contribution is 6.30. The number of hydrogen-bond donors (Lipinski definition) is 1. The van der Waals surface area contributed by atoms with Gasteiger partial charge < -0.3 is 15.0 Å². The third kappa shape index (κ3) is 4.77. The van der Waals surface area contributed by atoms with E-state index < -0.39 is 17.6 Å². The van der Waals surface area contributed by atoms with Crippen LogP contribution in [0.3, 0.4) is 0 Å². The Kier molecular flexibility index (Phi) is 6.15. The Balaban J connectivity index is 1.87. The van der Waals surface area contributed by atoms with Gasteiger partial charge in [0.05, 0.1) is 12.7 Å². The first kappa shape index (κ1) is 20.5. The van der Waals surface area contributed by atoms with Crippen LogP contribution in [0, 0.1) is 0 Å². The van der Waals surface area contributed by atoms with E-state index in [0.29, 0.717) is 31.1 Å². The second kappa shape index (κ2) is 8.41. The number of carbonyl (C=O) groups excluding carboxylic acids is 1. The number of carbonyl (C=O) groups is 1. The number of rotatable bonds is 4. The van der Waals surface area contributed by atoms with Gasteiger partial charge in [-0.3, -0.25) is 4.79 Å². The third-order valence-corrected chi connectivity index (χ3v) is 4.96. The molecule has 8 heteroatoms. The van der Waals surface area contributed by atoms with Crippen molar-refractivity contribution in [2.45, 2.75) is 18.6 Å². The monoisotopic (exact) mass is 412 g/mol. The molecule has 1 saturated heterocycles. The average molecular weight is 413 g/mol. The first-order valence-electron chi connectivity index (χ1n) is 8.80. The van der Waals surface area contributed by atoms with E-state index in [1.54, 1.807) is 17.0 Å². The van der Waals surface area contributed by atoms with Crippen molar-refractivity contribution >= 4 is 17.5 Å². The summed E-state index contributed by atoms with van der Waals surface area (Å²) in [6.07, 6.45) is -3.98. The van der Waals surface area contributed by atoms with Gasteiger partial charge >= 0.3 is 6.18 Å². The minimum atomic E-state index is -4.56. The number of piperazine rings is 1. The average Bonchev–Trinajstić information content (AvgIpc) is 2.68. The zero-order valence-corrected chi connectivity index (χ0v) is 16.0. The molecule has 1 aliphatic rings. The summed E-state index contributed by atoms with van der Waals surface area (Å²) in [6.45, 7) is 1.55. The Morgan fingerprint density at radius 1 is 1.25 bits per heavy atom. The maximum Gasteiger partial charge on any atom is 0.416 e. The lowest BCUT2D eigenvalue weighted by molar-refractivity contribution is -0.137. The number of amides is 1. The van der Waals surface area contributed by atoms with Crippen LogP contribution in [-0.2, 0) is 12.6 Å². The fourth-order valence-corrected chi connectivity index (χ4v) is 3.40. The number of ether oxygens (including phenoxy) is 1. The topological polar surface area (TPSA) is 41.6 Å². The second-order valence-electron chi connectivity index (χ2n) is 6.64. The molecule has 1 fully saturated rings. The van der Waals surface area contributed by atoms with Crippen LogP contribution in [0.2, 0.25) is 5.02 Å². The molecular formula is C20H20ClF3N2O2. The van der Waals surface area contributed by atoms with E-state index in [9.17, 15) is 18.0 Å². The molecule has 1 aliphatic heterocycles. The van der Waals surface area contributed by atoms with Crippen molar-refractivity contribution in [3.05, 3.63) is 64.2 Å². The van der Waals surface area contributed by atoms with E-state index in [-0.39, 0.29) is 17.4 Å². The molecule has 0 bridgehead atoms. The largest absolute Gasteiger partial charge is 0.497 e. The Morgan fingerprint density at radius 2 is 1.96 bits per heavy atom. The molecule has 1 heterocycles. The van der Waals surface area contributed by atoms with Crippen molar-refractivity contribution in [3.8, 4) is 5.75 Å². The lowest BCUT2D eigenvalue weighted by Crippen LogP contribution is -2.54. The first-order valence-corrected chi connectivity index (χ1v) is 9.18. The van der Waals surface area contributed by atoms with Crippen molar-refractivity contribution in [2.24, 2.45) is 0 Å². The quantitative estimate of drug-likeness (QED) is 0.824. The highest BCUT2D eigenvalue weighted by Crippen LogP contribution is 2.33. The van der Waals surface area contributed by atoms with Crippen LogP contribution in [-0.4, -0.2) is 43.6 Å². The highest BCUT2D eigenvalue weighted by Gasteiger charge is 2.34. The Labute approximate surface area is 166 Å². The van der Waals surface area contributed by atoms with Crippen LogP contribution in [0.25, 0.3) is 0 Å². The molecule has 2 aromatic carbocycles. The molecule has 3 rings (SSSR count). The predicted octanol–water partition coefficient (Wildman–Crippen LogP) is 4.02. The molecule has 0 aromatic heterocycles. The number of hydrogen-bond acceptors (Lipinski definition) is 3. The van der Waals surface area contributed by atoms with Gasteiger partial charge in [0.25, 0.3) is 5.91 Å². The van der Waals surface area contributed by atoms with E-state index in [1.165, 1.54) is 13.2 Å². The van der Waals surface area contributed by atoms with E-state index in [2.05, 4.69) is 5.32 Å². The molecule has 0 radical (unpaired) electrons. The summed E-state index contributed by atoms with van der Waals surface area (Å²) in [6, 6.07) is 10.3. The normalized spacial score (nSPS) is 17.5. The van der Waals surface area contributed by atoms with E-state index >= 15 is 0 Å². The lowest BCUT2D eigenvalue weighted by Gasteiger charge is -2.36. The fourth-order valence-electron chi connectivity index (χ4n) is 3.27. The molecular weight excluding hydrogens is 393 g/mol. The lowest BCUT2D eigenvalue weighted by atomic mass is 10.0. The third-order valence-electron chi connectivity index (χ3n) is 4.71. The molecule has 4 nitrogen and oxygen atoms in total. The number of methoxy groups -OCH3 is 1. The summed E-state index contributed by atoms with van der Waals surface area (Å²) < 4.78 is 44.5. The Morgan fingerprint density at radius 3 is 2.61 bits per heavy atom. The summed E-state index contributed by atoms with van der Waals surface area (Å²) >= 11 is 5.91.